The van der Waals surface area contributed by atoms with Crippen molar-refractivity contribution < 1.29 is 19.0 Å². The molecule has 2 rings (SSSR count). The number of carbonyl (C=O) groups excluding carboxylic acids is 1. The van der Waals surface area contributed by atoms with E-state index in [1.807, 2.05) is 19.1 Å². The average molecular weight is 407 g/mol. The molecular formula is C21H34N4O4. The number of carbonyl (C=O) groups is 1. The first kappa shape index (κ1) is 22.6. The molecule has 1 aromatic rings. The van der Waals surface area contributed by atoms with Gasteiger partial charge in [-0.05, 0) is 37.5 Å². The zero-order chi connectivity index (χ0) is 21.1. The molecule has 0 saturated heterocycles. The highest BCUT2D eigenvalue weighted by atomic mass is 16.5. The van der Waals surface area contributed by atoms with Crippen LogP contribution in [0.15, 0.2) is 17.1 Å². The van der Waals surface area contributed by atoms with Gasteiger partial charge in [0.1, 0.15) is 0 Å². The van der Waals surface area contributed by atoms with E-state index in [1.54, 1.807) is 21.3 Å². The molecule has 0 radical (unpaired) electrons. The van der Waals surface area contributed by atoms with Crippen LogP contribution in [-0.2, 0) is 11.3 Å². The lowest BCUT2D eigenvalue weighted by Gasteiger charge is -2.23. The Morgan fingerprint density at radius 1 is 1.03 bits per heavy atom. The van der Waals surface area contributed by atoms with E-state index in [0.717, 1.165) is 18.4 Å². The smallest absolute Gasteiger partial charge is 0.239 e. The third-order valence-corrected chi connectivity index (χ3v) is 4.88. The molecule has 0 heterocycles. The summed E-state index contributed by atoms with van der Waals surface area (Å²) in [7, 11) is 4.74. The fourth-order valence-corrected chi connectivity index (χ4v) is 3.43. The summed E-state index contributed by atoms with van der Waals surface area (Å²) in [5.74, 6) is 2.30. The summed E-state index contributed by atoms with van der Waals surface area (Å²) >= 11 is 0. The Morgan fingerprint density at radius 2 is 1.69 bits per heavy atom. The molecule has 1 saturated carbocycles. The normalized spacial score (nSPS) is 14.8. The predicted octanol–water partition coefficient (Wildman–Crippen LogP) is 2.22. The predicted molar refractivity (Wildman–Crippen MR) is 114 cm³/mol. The number of ether oxygens (including phenoxy) is 3. The van der Waals surface area contributed by atoms with Crippen molar-refractivity contribution in [2.75, 3.05) is 34.4 Å². The maximum Gasteiger partial charge on any atom is 0.239 e. The first-order valence-corrected chi connectivity index (χ1v) is 10.2. The lowest BCUT2D eigenvalue weighted by Crippen LogP contribution is -2.46. The Hall–Kier alpha value is -2.64. The summed E-state index contributed by atoms with van der Waals surface area (Å²) < 4.78 is 16.1. The van der Waals surface area contributed by atoms with E-state index in [0.29, 0.717) is 42.3 Å². The van der Waals surface area contributed by atoms with Crippen LogP contribution in [0, 0.1) is 0 Å². The highest BCUT2D eigenvalue weighted by Crippen LogP contribution is 2.38. The van der Waals surface area contributed by atoms with Gasteiger partial charge < -0.3 is 30.2 Å². The third kappa shape index (κ3) is 7.03. The van der Waals surface area contributed by atoms with E-state index < -0.39 is 0 Å². The molecule has 0 unspecified atom stereocenters. The Labute approximate surface area is 173 Å². The summed E-state index contributed by atoms with van der Waals surface area (Å²) in [5, 5.41) is 9.36. The zero-order valence-electron chi connectivity index (χ0n) is 18.0. The Kier molecular flexibility index (Phi) is 9.40. The first-order valence-electron chi connectivity index (χ1n) is 10.2. The molecule has 0 aromatic heterocycles. The maximum absolute atomic E-state index is 12.2. The number of rotatable bonds is 9. The van der Waals surface area contributed by atoms with Crippen LogP contribution in [0.25, 0.3) is 0 Å². The van der Waals surface area contributed by atoms with Crippen LogP contribution in [0.2, 0.25) is 0 Å². The van der Waals surface area contributed by atoms with Crippen molar-refractivity contribution in [3.05, 3.63) is 17.7 Å². The molecule has 1 aliphatic rings. The summed E-state index contributed by atoms with van der Waals surface area (Å²) in [5.41, 5.74) is 0.906. The van der Waals surface area contributed by atoms with Crippen LogP contribution in [0.3, 0.4) is 0 Å². The number of aliphatic imine (C=N–C) groups is 1. The van der Waals surface area contributed by atoms with Crippen molar-refractivity contribution in [3.8, 4) is 17.2 Å². The van der Waals surface area contributed by atoms with Gasteiger partial charge in [0, 0.05) is 12.6 Å². The second-order valence-corrected chi connectivity index (χ2v) is 6.98. The van der Waals surface area contributed by atoms with Gasteiger partial charge in [0.05, 0.1) is 34.4 Å². The van der Waals surface area contributed by atoms with Gasteiger partial charge in [-0.2, -0.15) is 0 Å². The number of amides is 1. The molecule has 8 heteroatoms. The molecule has 1 aromatic carbocycles. The molecule has 3 N–H and O–H groups in total. The Morgan fingerprint density at radius 3 is 2.24 bits per heavy atom. The molecule has 0 atom stereocenters. The molecule has 1 amide bonds. The van der Waals surface area contributed by atoms with Gasteiger partial charge in [0.2, 0.25) is 11.7 Å². The largest absolute Gasteiger partial charge is 0.493 e. The number of nitrogens with one attached hydrogen (secondary N) is 3. The molecule has 29 heavy (non-hydrogen) atoms. The Balaban J connectivity index is 1.98. The van der Waals surface area contributed by atoms with Crippen LogP contribution in [-0.4, -0.2) is 52.3 Å². The second-order valence-electron chi connectivity index (χ2n) is 6.98. The highest BCUT2D eigenvalue weighted by Gasteiger charge is 2.16. The van der Waals surface area contributed by atoms with Crippen molar-refractivity contribution >= 4 is 11.9 Å². The molecule has 1 aliphatic carbocycles. The Bertz CT molecular complexity index is 662. The van der Waals surface area contributed by atoms with Crippen molar-refractivity contribution in [3.63, 3.8) is 0 Å². The van der Waals surface area contributed by atoms with Gasteiger partial charge in [-0.3, -0.25) is 4.79 Å². The molecule has 0 aliphatic heterocycles. The van der Waals surface area contributed by atoms with Crippen molar-refractivity contribution in [1.29, 1.82) is 0 Å². The van der Waals surface area contributed by atoms with E-state index in [2.05, 4.69) is 20.9 Å². The molecule has 162 valence electrons. The van der Waals surface area contributed by atoms with Gasteiger partial charge in [0.15, 0.2) is 17.5 Å². The molecule has 0 spiro atoms. The number of benzene rings is 1. The van der Waals surface area contributed by atoms with Gasteiger partial charge in [-0.15, -0.1) is 0 Å². The summed E-state index contributed by atoms with van der Waals surface area (Å²) in [4.78, 5) is 16.8. The van der Waals surface area contributed by atoms with Crippen molar-refractivity contribution in [2.24, 2.45) is 4.99 Å². The summed E-state index contributed by atoms with van der Waals surface area (Å²) in [6.07, 6.45) is 5.79. The van der Waals surface area contributed by atoms with E-state index in [4.69, 9.17) is 14.2 Å². The summed E-state index contributed by atoms with van der Waals surface area (Å²) in [6.45, 7) is 3.28. The van der Waals surface area contributed by atoms with Gasteiger partial charge in [-0.25, -0.2) is 4.99 Å². The quantitative estimate of drug-likeness (QED) is 0.430. The van der Waals surface area contributed by atoms with Gasteiger partial charge >= 0.3 is 0 Å². The minimum Gasteiger partial charge on any atom is -0.493 e. The number of hydrogen-bond acceptors (Lipinski definition) is 5. The van der Waals surface area contributed by atoms with E-state index in [-0.39, 0.29) is 12.5 Å². The number of methoxy groups -OCH3 is 3. The van der Waals surface area contributed by atoms with Crippen LogP contribution in [0.5, 0.6) is 17.2 Å². The maximum atomic E-state index is 12.2. The van der Waals surface area contributed by atoms with Gasteiger partial charge in [-0.1, -0.05) is 19.3 Å². The minimum atomic E-state index is -0.00436. The lowest BCUT2D eigenvalue weighted by atomic mass is 9.95. The number of guanidine groups is 1. The zero-order valence-corrected chi connectivity index (χ0v) is 18.0. The van der Waals surface area contributed by atoms with E-state index in [1.165, 1.54) is 19.3 Å². The average Bonchev–Trinajstić information content (AvgIpc) is 2.75. The molecule has 0 bridgehead atoms. The van der Waals surface area contributed by atoms with Crippen LogP contribution < -0.4 is 30.2 Å². The van der Waals surface area contributed by atoms with E-state index >= 15 is 0 Å². The fraction of sp³-hybridized carbons (Fsp3) is 0.619. The first-order chi connectivity index (χ1) is 14.1. The summed E-state index contributed by atoms with van der Waals surface area (Å²) in [6, 6.07) is 4.03. The van der Waals surface area contributed by atoms with E-state index in [9.17, 15) is 4.79 Å². The van der Waals surface area contributed by atoms with Gasteiger partial charge in [0.25, 0.3) is 0 Å². The standard InChI is InChI=1S/C21H34N4O4/c1-5-22-21(24-14-19(26)25-16-9-7-6-8-10-16)23-13-15-11-17(27-2)20(29-4)18(12-15)28-3/h11-12,16H,5-10,13-14H2,1-4H3,(H,25,26)(H2,22,23,24). The molecule has 1 fully saturated rings. The monoisotopic (exact) mass is 406 g/mol. The SMILES string of the molecule is CCNC(=NCc1cc(OC)c(OC)c(OC)c1)NCC(=O)NC1CCCCC1. The number of hydrogen-bond donors (Lipinski definition) is 3. The third-order valence-electron chi connectivity index (χ3n) is 4.88. The number of nitrogens with zero attached hydrogens (tertiary/aromatic N) is 1. The minimum absolute atomic E-state index is 0.00436. The second kappa shape index (κ2) is 12.0. The van der Waals surface area contributed by atoms with Crippen molar-refractivity contribution in [1.82, 2.24) is 16.0 Å². The van der Waals surface area contributed by atoms with Crippen LogP contribution >= 0.6 is 0 Å². The topological polar surface area (TPSA) is 93.2 Å². The van der Waals surface area contributed by atoms with Crippen molar-refractivity contribution in [2.45, 2.75) is 51.6 Å². The molecule has 8 nitrogen and oxygen atoms in total. The van der Waals surface area contributed by atoms with Crippen LogP contribution in [0.4, 0.5) is 0 Å². The van der Waals surface area contributed by atoms with Crippen LogP contribution in [0.1, 0.15) is 44.6 Å². The highest BCUT2D eigenvalue weighted by molar-refractivity contribution is 5.86. The molecular weight excluding hydrogens is 372 g/mol. The fourth-order valence-electron chi connectivity index (χ4n) is 3.43. The lowest BCUT2D eigenvalue weighted by molar-refractivity contribution is -0.120.